The molecule has 0 amide bonds. The van der Waals surface area contributed by atoms with Crippen molar-refractivity contribution in [3.8, 4) is 33.8 Å². The molecule has 0 saturated heterocycles. The first-order valence-corrected chi connectivity index (χ1v) is 13.6. The van der Waals surface area contributed by atoms with Gasteiger partial charge in [-0.05, 0) is 41.7 Å². The molecule has 208 valence electrons. The van der Waals surface area contributed by atoms with Crippen LogP contribution in [0, 0.1) is 0 Å². The van der Waals surface area contributed by atoms with Gasteiger partial charge in [-0.1, -0.05) is 118 Å². The number of aromatic hydroxyl groups is 2. The summed E-state index contributed by atoms with van der Waals surface area (Å²) in [6.45, 7) is 2.20. The zero-order valence-electron chi connectivity index (χ0n) is 22.7. The van der Waals surface area contributed by atoms with Crippen LogP contribution in [0.15, 0.2) is 91.0 Å². The fourth-order valence-corrected chi connectivity index (χ4v) is 4.60. The van der Waals surface area contributed by atoms with E-state index in [1.165, 1.54) is 37.8 Å². The van der Waals surface area contributed by atoms with E-state index in [-0.39, 0.29) is 22.6 Å². The van der Waals surface area contributed by atoms with E-state index in [1.54, 1.807) is 12.1 Å². The second kappa shape index (κ2) is 15.1. The molecule has 4 rings (SSSR count). The predicted octanol–water partition coefficient (Wildman–Crippen LogP) is 8.42. The minimum atomic E-state index is -1.13. The Bertz CT molecular complexity index is 1400. The van der Waals surface area contributed by atoms with E-state index in [0.29, 0.717) is 12.0 Å². The number of carboxylic acid groups (broad SMARTS) is 2. The minimum absolute atomic E-state index is 0.0179. The van der Waals surface area contributed by atoms with Crippen molar-refractivity contribution in [2.75, 3.05) is 0 Å². The van der Waals surface area contributed by atoms with Crippen molar-refractivity contribution in [2.24, 2.45) is 0 Å². The second-order valence-electron chi connectivity index (χ2n) is 9.55. The number of hydrogen-bond donors (Lipinski definition) is 4. The molecule has 4 N–H and O–H groups in total. The molecule has 0 aliphatic rings. The maximum Gasteiger partial charge on any atom is 0.339 e. The molecule has 0 aliphatic heterocycles. The van der Waals surface area contributed by atoms with Crippen LogP contribution in [0.2, 0.25) is 0 Å². The lowest BCUT2D eigenvalue weighted by Crippen LogP contribution is -2.01. The van der Waals surface area contributed by atoms with Gasteiger partial charge in [-0.15, -0.1) is 0 Å². The molecular formula is C34H36O6. The molecule has 0 unspecified atom stereocenters. The largest absolute Gasteiger partial charge is 0.507 e. The standard InChI is InChI=1S/C21H26O3.C13H10O3/c1-2-3-4-5-6-10-13-18-17(16-11-8-7-9-12-16)14-15-19(20(18)22)21(23)24;14-12-10(9-5-2-1-3-6-9)7-4-8-11(12)13(15)16/h7-9,11-12,14-15,22H,2-6,10,13H2,1H3,(H,23,24);1-8,14H,(H,15,16). The molecule has 0 spiro atoms. The van der Waals surface area contributed by atoms with Crippen LogP contribution in [-0.4, -0.2) is 32.4 Å². The zero-order valence-corrected chi connectivity index (χ0v) is 22.7. The van der Waals surface area contributed by atoms with Crippen molar-refractivity contribution in [1.29, 1.82) is 0 Å². The van der Waals surface area contributed by atoms with Gasteiger partial charge < -0.3 is 20.4 Å². The van der Waals surface area contributed by atoms with Gasteiger partial charge in [0, 0.05) is 11.1 Å². The van der Waals surface area contributed by atoms with Gasteiger partial charge in [0.05, 0.1) is 0 Å². The number of aromatic carboxylic acids is 2. The molecule has 0 bridgehead atoms. The first-order chi connectivity index (χ1) is 19.3. The van der Waals surface area contributed by atoms with Gasteiger partial charge >= 0.3 is 11.9 Å². The fraction of sp³-hybridized carbons (Fsp3) is 0.235. The Hall–Kier alpha value is -4.58. The number of para-hydroxylation sites is 1. The first kappa shape index (κ1) is 30.0. The van der Waals surface area contributed by atoms with Crippen molar-refractivity contribution in [3.63, 3.8) is 0 Å². The van der Waals surface area contributed by atoms with Crippen molar-refractivity contribution >= 4 is 11.9 Å². The summed E-state index contributed by atoms with van der Waals surface area (Å²) in [4.78, 5) is 22.2. The lowest BCUT2D eigenvalue weighted by Gasteiger charge is -2.14. The van der Waals surface area contributed by atoms with E-state index in [4.69, 9.17) is 5.11 Å². The smallest absolute Gasteiger partial charge is 0.339 e. The molecule has 6 heteroatoms. The molecular weight excluding hydrogens is 504 g/mol. The minimum Gasteiger partial charge on any atom is -0.507 e. The molecule has 0 heterocycles. The van der Waals surface area contributed by atoms with Crippen LogP contribution in [-0.2, 0) is 6.42 Å². The van der Waals surface area contributed by atoms with Gasteiger partial charge in [-0.3, -0.25) is 0 Å². The highest BCUT2D eigenvalue weighted by atomic mass is 16.4. The Kier molecular flexibility index (Phi) is 11.3. The van der Waals surface area contributed by atoms with Crippen molar-refractivity contribution in [2.45, 2.75) is 51.9 Å². The summed E-state index contributed by atoms with van der Waals surface area (Å²) in [6.07, 6.45) is 7.67. The molecule has 0 atom stereocenters. The average molecular weight is 541 g/mol. The Morgan fingerprint density at radius 2 is 1.07 bits per heavy atom. The van der Waals surface area contributed by atoms with E-state index in [9.17, 15) is 24.9 Å². The normalized spacial score (nSPS) is 10.4. The maximum atomic E-state index is 11.3. The van der Waals surface area contributed by atoms with Gasteiger partial charge in [-0.2, -0.15) is 0 Å². The van der Waals surface area contributed by atoms with Crippen LogP contribution in [0.3, 0.4) is 0 Å². The molecule has 4 aromatic carbocycles. The molecule has 40 heavy (non-hydrogen) atoms. The van der Waals surface area contributed by atoms with Crippen LogP contribution < -0.4 is 0 Å². The summed E-state index contributed by atoms with van der Waals surface area (Å²) in [5, 5.41) is 38.4. The van der Waals surface area contributed by atoms with E-state index in [0.717, 1.165) is 35.1 Å². The molecule has 6 nitrogen and oxygen atoms in total. The van der Waals surface area contributed by atoms with Gasteiger partial charge in [-0.25, -0.2) is 9.59 Å². The average Bonchev–Trinajstić information content (AvgIpc) is 2.96. The fourth-order valence-electron chi connectivity index (χ4n) is 4.60. The summed E-state index contributed by atoms with van der Waals surface area (Å²) in [5.41, 5.74) is 3.90. The Morgan fingerprint density at radius 3 is 1.65 bits per heavy atom. The van der Waals surface area contributed by atoms with E-state index in [1.807, 2.05) is 66.7 Å². The van der Waals surface area contributed by atoms with E-state index >= 15 is 0 Å². The van der Waals surface area contributed by atoms with Crippen LogP contribution in [0.4, 0.5) is 0 Å². The second-order valence-corrected chi connectivity index (χ2v) is 9.55. The Morgan fingerprint density at radius 1 is 0.550 bits per heavy atom. The van der Waals surface area contributed by atoms with Gasteiger partial charge in [0.1, 0.15) is 22.6 Å². The summed E-state index contributed by atoms with van der Waals surface area (Å²) in [6, 6.07) is 27.0. The molecule has 0 aliphatic carbocycles. The number of rotatable bonds is 11. The number of benzene rings is 4. The molecule has 0 aromatic heterocycles. The summed E-state index contributed by atoms with van der Waals surface area (Å²) < 4.78 is 0. The van der Waals surface area contributed by atoms with Gasteiger partial charge in [0.25, 0.3) is 0 Å². The monoisotopic (exact) mass is 540 g/mol. The molecule has 0 saturated carbocycles. The van der Waals surface area contributed by atoms with E-state index in [2.05, 4.69) is 6.92 Å². The maximum absolute atomic E-state index is 11.3. The molecule has 0 radical (unpaired) electrons. The number of unbranched alkanes of at least 4 members (excludes halogenated alkanes) is 5. The highest BCUT2D eigenvalue weighted by Gasteiger charge is 2.18. The van der Waals surface area contributed by atoms with Crippen LogP contribution >= 0.6 is 0 Å². The van der Waals surface area contributed by atoms with Gasteiger partial charge in [0.15, 0.2) is 0 Å². The lowest BCUT2D eigenvalue weighted by atomic mass is 9.92. The van der Waals surface area contributed by atoms with Crippen LogP contribution in [0.5, 0.6) is 11.5 Å². The van der Waals surface area contributed by atoms with Crippen LogP contribution in [0.25, 0.3) is 22.3 Å². The number of carboxylic acids is 2. The number of phenols is 2. The third-order valence-electron chi connectivity index (χ3n) is 6.73. The SMILES string of the molecule is CCCCCCCCc1c(-c2ccccc2)ccc(C(=O)O)c1O.O=C(O)c1cccc(-c2ccccc2)c1O. The third-order valence-corrected chi connectivity index (χ3v) is 6.73. The van der Waals surface area contributed by atoms with E-state index < -0.39 is 11.9 Å². The first-order valence-electron chi connectivity index (χ1n) is 13.6. The summed E-state index contributed by atoms with van der Waals surface area (Å²) in [5.74, 6) is -2.50. The third kappa shape index (κ3) is 7.96. The van der Waals surface area contributed by atoms with Crippen LogP contribution in [0.1, 0.15) is 71.7 Å². The number of carbonyl (C=O) groups is 2. The molecule has 4 aromatic rings. The summed E-state index contributed by atoms with van der Waals surface area (Å²) >= 11 is 0. The van der Waals surface area contributed by atoms with Gasteiger partial charge in [0.2, 0.25) is 0 Å². The Labute approximate surface area is 235 Å². The quantitative estimate of drug-likeness (QED) is 0.142. The molecule has 0 fully saturated rings. The van der Waals surface area contributed by atoms with Crippen molar-refractivity contribution in [1.82, 2.24) is 0 Å². The highest BCUT2D eigenvalue weighted by Crippen LogP contribution is 2.35. The number of hydrogen-bond acceptors (Lipinski definition) is 4. The topological polar surface area (TPSA) is 115 Å². The predicted molar refractivity (Wildman–Crippen MR) is 158 cm³/mol. The summed E-state index contributed by atoms with van der Waals surface area (Å²) in [7, 11) is 0. The Balaban J connectivity index is 0.000000238. The lowest BCUT2D eigenvalue weighted by molar-refractivity contribution is 0.0682. The van der Waals surface area contributed by atoms with Crippen molar-refractivity contribution < 1.29 is 30.0 Å². The highest BCUT2D eigenvalue weighted by molar-refractivity contribution is 5.94. The van der Waals surface area contributed by atoms with Crippen molar-refractivity contribution in [3.05, 3.63) is 108 Å². The zero-order chi connectivity index (χ0) is 28.9.